The normalized spacial score (nSPS) is 20.2. The predicted octanol–water partition coefficient (Wildman–Crippen LogP) is -1.60. The van der Waals surface area contributed by atoms with Crippen LogP contribution in [-0.4, -0.2) is 95.2 Å². The van der Waals surface area contributed by atoms with E-state index in [2.05, 4.69) is 10.3 Å². The number of hydrogen-bond acceptors (Lipinski definition) is 9. The molecule has 2 atom stereocenters. The zero-order chi connectivity index (χ0) is 28.3. The van der Waals surface area contributed by atoms with Gasteiger partial charge in [0.25, 0.3) is 0 Å². The molecule has 0 radical (unpaired) electrons. The first-order valence-corrected chi connectivity index (χ1v) is 12.3. The molecule has 0 aliphatic carbocycles. The molecule has 0 aromatic heterocycles. The molecule has 3 aliphatic rings. The Morgan fingerprint density at radius 1 is 1.28 bits per heavy atom. The maximum Gasteiger partial charge on any atom is 0.549 e. The number of hydrogen-bond donors (Lipinski definition) is 3. The number of carbonyl (C=O) groups is 4. The van der Waals surface area contributed by atoms with Gasteiger partial charge in [0.05, 0.1) is 5.97 Å². The van der Waals surface area contributed by atoms with Crippen molar-refractivity contribution >= 4 is 36.8 Å². The number of para-hydroxylation sites is 1. The number of allylic oxidation sites excluding steroid dienone is 2. The second kappa shape index (κ2) is 11.4. The van der Waals surface area contributed by atoms with E-state index in [9.17, 15) is 29.3 Å². The number of rotatable bonds is 6. The lowest BCUT2D eigenvalue weighted by Crippen LogP contribution is -2.60. The number of fused-ring (bicyclic) bond motifs is 1. The molecule has 204 valence electrons. The number of aliphatic imine (C=N–C) groups is 1. The lowest BCUT2D eigenvalue weighted by atomic mass is 9.72. The minimum atomic E-state index is -1.53. The summed E-state index contributed by atoms with van der Waals surface area (Å²) in [5, 5.41) is 24.7. The molecule has 0 bridgehead atoms. The maximum absolute atomic E-state index is 13.2. The van der Waals surface area contributed by atoms with E-state index >= 15 is 0 Å². The maximum atomic E-state index is 13.2. The van der Waals surface area contributed by atoms with Crippen molar-refractivity contribution in [1.82, 2.24) is 20.0 Å². The van der Waals surface area contributed by atoms with Crippen LogP contribution in [0.4, 0.5) is 4.79 Å². The molecule has 1 aromatic carbocycles. The summed E-state index contributed by atoms with van der Waals surface area (Å²) in [6.45, 7) is 2.31. The number of piperazine rings is 1. The van der Waals surface area contributed by atoms with E-state index in [0.717, 1.165) is 4.90 Å². The Balaban J connectivity index is 1.62. The molecule has 1 aromatic rings. The molecule has 1 fully saturated rings. The third-order valence-corrected chi connectivity index (χ3v) is 6.57. The smallest absolute Gasteiger partial charge is 0.545 e. The van der Waals surface area contributed by atoms with Gasteiger partial charge in [-0.05, 0) is 42.7 Å². The number of benzene rings is 1. The molecule has 4 rings (SSSR count). The number of carbonyl (C=O) groups excluding carboxylic acids is 4. The van der Waals surface area contributed by atoms with Gasteiger partial charge in [0.1, 0.15) is 23.6 Å². The number of nitrogens with one attached hydrogen (secondary N) is 1. The topological polar surface area (TPSA) is 181 Å². The summed E-state index contributed by atoms with van der Waals surface area (Å²) >= 11 is 0. The largest absolute Gasteiger partial charge is 0.549 e. The summed E-state index contributed by atoms with van der Waals surface area (Å²) in [5.74, 6) is -4.20. The van der Waals surface area contributed by atoms with Crippen LogP contribution in [0.15, 0.2) is 59.4 Å². The number of imide groups is 1. The zero-order valence-corrected chi connectivity index (χ0v) is 21.4. The van der Waals surface area contributed by atoms with Gasteiger partial charge in [-0.2, -0.15) is 0 Å². The summed E-state index contributed by atoms with van der Waals surface area (Å²) in [6.07, 6.45) is 8.73. The number of amides is 4. The molecule has 4 N–H and O–H groups in total. The fourth-order valence-corrected chi connectivity index (χ4v) is 4.44. The number of carboxylic acid groups (broad SMARTS) is 1. The van der Waals surface area contributed by atoms with Gasteiger partial charge in [-0.25, -0.2) is 4.79 Å². The van der Waals surface area contributed by atoms with Crippen LogP contribution in [0.1, 0.15) is 22.8 Å². The van der Waals surface area contributed by atoms with Gasteiger partial charge >= 0.3 is 25.0 Å². The molecule has 3 aliphatic heterocycles. The van der Waals surface area contributed by atoms with Gasteiger partial charge < -0.3 is 40.4 Å². The first-order valence-electron chi connectivity index (χ1n) is 12.3. The highest BCUT2D eigenvalue weighted by Crippen LogP contribution is 2.31. The molecule has 14 heteroatoms. The van der Waals surface area contributed by atoms with E-state index in [0.29, 0.717) is 17.7 Å². The van der Waals surface area contributed by atoms with Crippen molar-refractivity contribution in [2.24, 2.45) is 10.7 Å². The second-order valence-corrected chi connectivity index (χ2v) is 9.13. The van der Waals surface area contributed by atoms with E-state index in [1.54, 1.807) is 55.6 Å². The van der Waals surface area contributed by atoms with Crippen LogP contribution in [0.25, 0.3) is 0 Å². The first-order chi connectivity index (χ1) is 18.6. The number of aromatic carboxylic acids is 1. The van der Waals surface area contributed by atoms with E-state index in [1.165, 1.54) is 17.0 Å². The van der Waals surface area contributed by atoms with Gasteiger partial charge in [-0.15, -0.1) is 0 Å². The summed E-state index contributed by atoms with van der Waals surface area (Å²) in [4.78, 5) is 57.9. The van der Waals surface area contributed by atoms with Crippen LogP contribution in [-0.2, 0) is 16.0 Å². The molecule has 39 heavy (non-hydrogen) atoms. The Kier molecular flexibility index (Phi) is 8.05. The number of likely N-dealkylation sites (N-methyl/N-ethyl adjacent to an activating group) is 1. The summed E-state index contributed by atoms with van der Waals surface area (Å²) < 4.78 is 5.46. The first kappa shape index (κ1) is 27.4. The van der Waals surface area contributed by atoms with Crippen molar-refractivity contribution in [3.63, 3.8) is 0 Å². The van der Waals surface area contributed by atoms with Gasteiger partial charge in [0, 0.05) is 44.6 Å². The van der Waals surface area contributed by atoms with Gasteiger partial charge in [-0.3, -0.25) is 19.5 Å². The highest BCUT2D eigenvalue weighted by atomic mass is 16.5. The van der Waals surface area contributed by atoms with E-state index < -0.39 is 42.9 Å². The summed E-state index contributed by atoms with van der Waals surface area (Å²) in [6, 6.07) is 2.61. The number of carboxylic acids is 1. The van der Waals surface area contributed by atoms with Crippen LogP contribution in [0.2, 0.25) is 0 Å². The summed E-state index contributed by atoms with van der Waals surface area (Å²) in [7, 11) is 0.277. The lowest BCUT2D eigenvalue weighted by Gasteiger charge is -2.33. The molecule has 13 nitrogen and oxygen atoms in total. The number of amidine groups is 1. The standard InChI is InChI=1S/C25H29BN6O7/c1-3-31-12-13-32(23(34)22(31)33)25(37)29-19(15-7-5-10-30(2)11-9-15)21(27)28-18-14-16-6-4-8-17(24(35)36)20(16)39-26(18)38/h4-11,18-19,38H,3,12-14H2,1-2H3,(H2,27,28)(H,29,37)(H,35,36)/p-1/t18-,19?/m0/s1. The van der Waals surface area contributed by atoms with E-state index in [4.69, 9.17) is 10.4 Å². The number of nitrogens with zero attached hydrogens (tertiary/aromatic N) is 4. The molecule has 0 saturated carbocycles. The van der Waals surface area contributed by atoms with Crippen molar-refractivity contribution < 1.29 is 34.0 Å². The third-order valence-electron chi connectivity index (χ3n) is 6.57. The Hall–Kier alpha value is -4.59. The SMILES string of the molecule is CCN1CCN(C(=O)NC(C2=CC=CN(C)C=C2)/C(N)=N/[C@H]2Cc3cccc(C(=O)[O-])c3OB2O)C(=O)C1=O. The Bertz CT molecular complexity index is 1310. The van der Waals surface area contributed by atoms with Crippen molar-refractivity contribution in [1.29, 1.82) is 0 Å². The van der Waals surface area contributed by atoms with E-state index in [1.807, 2.05) is 0 Å². The number of urea groups is 1. The van der Waals surface area contributed by atoms with Crippen molar-refractivity contribution in [3.8, 4) is 5.75 Å². The average Bonchev–Trinajstić information content (AvgIpc) is 3.12. The monoisotopic (exact) mass is 535 g/mol. The Morgan fingerprint density at radius 3 is 2.77 bits per heavy atom. The van der Waals surface area contributed by atoms with Crippen LogP contribution in [0.5, 0.6) is 5.75 Å². The van der Waals surface area contributed by atoms with Gasteiger partial charge in [-0.1, -0.05) is 18.2 Å². The molecular weight excluding hydrogens is 507 g/mol. The highest BCUT2D eigenvalue weighted by Gasteiger charge is 2.39. The fraction of sp³-hybridized carbons (Fsp3) is 0.320. The minimum absolute atomic E-state index is 0.00291. The Labute approximate surface area is 225 Å². The number of nitrogens with two attached hydrogens (primary N) is 1. The van der Waals surface area contributed by atoms with Gasteiger partial charge in [0.2, 0.25) is 0 Å². The van der Waals surface area contributed by atoms with Crippen LogP contribution in [0.3, 0.4) is 0 Å². The third kappa shape index (κ3) is 5.80. The van der Waals surface area contributed by atoms with Crippen molar-refractivity contribution in [3.05, 3.63) is 65.5 Å². The van der Waals surface area contributed by atoms with Gasteiger partial charge in [0.15, 0.2) is 0 Å². The van der Waals surface area contributed by atoms with Crippen LogP contribution < -0.4 is 20.8 Å². The molecular formula is C25H28BN6O7-. The molecule has 3 heterocycles. The zero-order valence-electron chi connectivity index (χ0n) is 21.4. The predicted molar refractivity (Wildman–Crippen MR) is 139 cm³/mol. The van der Waals surface area contributed by atoms with Crippen LogP contribution >= 0.6 is 0 Å². The second-order valence-electron chi connectivity index (χ2n) is 9.13. The Morgan fingerprint density at radius 2 is 2.05 bits per heavy atom. The van der Waals surface area contributed by atoms with Crippen molar-refractivity contribution in [2.45, 2.75) is 25.3 Å². The minimum Gasteiger partial charge on any atom is -0.545 e. The van der Waals surface area contributed by atoms with Crippen molar-refractivity contribution in [2.75, 3.05) is 26.7 Å². The average molecular weight is 535 g/mol. The van der Waals surface area contributed by atoms with E-state index in [-0.39, 0.29) is 36.7 Å². The lowest BCUT2D eigenvalue weighted by molar-refractivity contribution is -0.255. The molecule has 0 spiro atoms. The summed E-state index contributed by atoms with van der Waals surface area (Å²) in [5.41, 5.74) is 7.19. The molecule has 1 unspecified atom stereocenters. The molecule has 1 saturated heterocycles. The molecule has 4 amide bonds. The highest BCUT2D eigenvalue weighted by molar-refractivity contribution is 6.47. The fourth-order valence-electron chi connectivity index (χ4n) is 4.44. The van der Waals surface area contributed by atoms with Crippen LogP contribution in [0, 0.1) is 0 Å². The quantitative estimate of drug-likeness (QED) is 0.167.